The van der Waals surface area contributed by atoms with Gasteiger partial charge in [-0.25, -0.2) is 0 Å². The number of carbonyl (C=O) groups excluding carboxylic acids is 1. The largest absolute Gasteiger partial charge is 0.489 e. The number of benzene rings is 1. The van der Waals surface area contributed by atoms with Crippen LogP contribution in [-0.4, -0.2) is 41.6 Å². The van der Waals surface area contributed by atoms with Crippen LogP contribution >= 0.6 is 0 Å². The molecule has 1 aromatic rings. The Morgan fingerprint density at radius 2 is 2.03 bits per heavy atom. The number of fused-ring (bicyclic) bond motifs is 3. The molecule has 1 N–H and O–H groups in total. The summed E-state index contributed by atoms with van der Waals surface area (Å²) in [5, 5.41) is 19.8. The van der Waals surface area contributed by atoms with Gasteiger partial charge in [0.05, 0.1) is 19.3 Å². The second-order valence-corrected chi connectivity index (χ2v) is 10.3. The number of allylic oxidation sites excluding steroid dienone is 1. The number of aryl methyl sites for hydroxylation is 1. The van der Waals surface area contributed by atoms with E-state index >= 15 is 0 Å². The Morgan fingerprint density at radius 3 is 2.79 bits per heavy atom. The maximum absolute atomic E-state index is 12.1. The fraction of sp³-hybridized carbons (Fsp3) is 0.633. The van der Waals surface area contributed by atoms with Gasteiger partial charge in [-0.1, -0.05) is 43.7 Å². The molecule has 1 aromatic carbocycles. The number of aliphatic hydroxyl groups excluding tert-OH is 1. The number of nitrogens with zero attached hydrogens (tertiary/aromatic N) is 1. The smallest absolute Gasteiger partial charge is 0.305 e. The Kier molecular flexibility index (Phi) is 11.9. The van der Waals surface area contributed by atoms with Crippen molar-refractivity contribution in [1.29, 1.82) is 0 Å². The summed E-state index contributed by atoms with van der Waals surface area (Å²) in [5.41, 5.74) is 2.38. The van der Waals surface area contributed by atoms with Crippen molar-refractivity contribution in [3.8, 4) is 17.6 Å². The van der Waals surface area contributed by atoms with Crippen LogP contribution in [0.4, 0.5) is 0 Å². The van der Waals surface area contributed by atoms with Crippen LogP contribution in [-0.2, 0) is 20.8 Å². The Morgan fingerprint density at radius 1 is 1.24 bits per heavy atom. The minimum absolute atomic E-state index is 0.101. The number of rotatable bonds is 16. The molecule has 0 spiro atoms. The molecule has 208 valence electrons. The van der Waals surface area contributed by atoms with Gasteiger partial charge in [0.2, 0.25) is 0 Å². The van der Waals surface area contributed by atoms with Crippen molar-refractivity contribution in [1.82, 2.24) is 0 Å². The lowest BCUT2D eigenvalue weighted by Gasteiger charge is -2.17. The van der Waals surface area contributed by atoms with Gasteiger partial charge in [0.25, 0.3) is 5.09 Å². The topological polar surface area (TPSA) is 108 Å². The summed E-state index contributed by atoms with van der Waals surface area (Å²) in [5.74, 6) is 7.46. The maximum Gasteiger partial charge on any atom is 0.305 e. The third-order valence-corrected chi connectivity index (χ3v) is 7.47. The molecule has 0 bridgehead atoms. The van der Waals surface area contributed by atoms with Crippen molar-refractivity contribution < 1.29 is 29.3 Å². The molecule has 2 aliphatic rings. The van der Waals surface area contributed by atoms with Crippen LogP contribution in [0.2, 0.25) is 0 Å². The molecule has 1 aliphatic carbocycles. The molecule has 8 nitrogen and oxygen atoms in total. The first-order valence-electron chi connectivity index (χ1n) is 13.9. The molecule has 0 aromatic heterocycles. The van der Waals surface area contributed by atoms with Gasteiger partial charge in [0, 0.05) is 24.3 Å². The number of hydrogen-bond acceptors (Lipinski definition) is 7. The monoisotopic (exact) mass is 527 g/mol. The van der Waals surface area contributed by atoms with Gasteiger partial charge in [-0.15, -0.1) is 22.0 Å². The zero-order chi connectivity index (χ0) is 27.3. The van der Waals surface area contributed by atoms with E-state index in [1.807, 2.05) is 19.9 Å². The van der Waals surface area contributed by atoms with Gasteiger partial charge in [-0.3, -0.25) is 4.79 Å². The van der Waals surface area contributed by atoms with Crippen molar-refractivity contribution in [2.75, 3.05) is 13.2 Å². The summed E-state index contributed by atoms with van der Waals surface area (Å²) >= 11 is 0. The van der Waals surface area contributed by atoms with E-state index in [1.54, 1.807) is 0 Å². The van der Waals surface area contributed by atoms with Crippen LogP contribution in [0.3, 0.4) is 0 Å². The highest BCUT2D eigenvalue weighted by atomic mass is 16.9. The van der Waals surface area contributed by atoms with Gasteiger partial charge in [-0.2, -0.15) is 0 Å². The first-order chi connectivity index (χ1) is 18.4. The molecule has 1 heterocycles. The fourth-order valence-electron chi connectivity index (χ4n) is 5.34. The highest BCUT2D eigenvalue weighted by Gasteiger charge is 2.44. The van der Waals surface area contributed by atoms with Crippen molar-refractivity contribution in [3.05, 3.63) is 51.6 Å². The van der Waals surface area contributed by atoms with Gasteiger partial charge in [0.15, 0.2) is 0 Å². The quantitative estimate of drug-likeness (QED) is 0.0751. The zero-order valence-corrected chi connectivity index (χ0v) is 22.6. The predicted molar refractivity (Wildman–Crippen MR) is 144 cm³/mol. The average molecular weight is 528 g/mol. The number of aliphatic hydroxyl groups is 1. The summed E-state index contributed by atoms with van der Waals surface area (Å²) in [4.78, 5) is 26.5. The first kappa shape index (κ1) is 29.5. The Bertz CT molecular complexity index is 1010. The van der Waals surface area contributed by atoms with Crippen LogP contribution in [0.1, 0.15) is 88.7 Å². The lowest BCUT2D eigenvalue weighted by molar-refractivity contribution is -0.757. The molecule has 1 saturated carbocycles. The number of hydrogen-bond donors (Lipinski definition) is 1. The van der Waals surface area contributed by atoms with Crippen molar-refractivity contribution >= 4 is 5.97 Å². The van der Waals surface area contributed by atoms with Crippen LogP contribution in [0.5, 0.6) is 5.75 Å². The molecule has 5 atom stereocenters. The molecule has 1 fully saturated rings. The molecule has 0 radical (unpaired) electrons. The summed E-state index contributed by atoms with van der Waals surface area (Å²) in [6.07, 6.45) is 11.3. The standard InChI is InChI=1S/C30H41NO7/c1-3-4-11-22(2)26(32)18-16-23-17-19-27-29(23)25-14-9-12-24(30(25)38-27)13-10-15-28(33)36-20-7-5-6-8-21-37-31(34)35/h9,12,14,16,18,22-23,26-27,29,32H,5-8,10-11,13,15,17,19-21H2,1-2H3/b18-16+. The highest BCUT2D eigenvalue weighted by molar-refractivity contribution is 5.69. The SMILES string of the molecule is CC#CCC(C)C(O)/C=C/C1CCC2Oc3c(CCCC(=O)OCCCCCCO[N+](=O)[O-])cccc3C12. The molecular weight excluding hydrogens is 486 g/mol. The van der Waals surface area contributed by atoms with E-state index in [1.165, 1.54) is 5.56 Å². The summed E-state index contributed by atoms with van der Waals surface area (Å²) < 4.78 is 11.7. The number of esters is 1. The maximum atomic E-state index is 12.1. The third kappa shape index (κ3) is 8.76. The predicted octanol–water partition coefficient (Wildman–Crippen LogP) is 5.54. The van der Waals surface area contributed by atoms with Crippen LogP contribution in [0.25, 0.3) is 0 Å². The van der Waals surface area contributed by atoms with Crippen LogP contribution in [0, 0.1) is 33.8 Å². The van der Waals surface area contributed by atoms with E-state index in [-0.39, 0.29) is 24.6 Å². The van der Waals surface area contributed by atoms with E-state index in [0.29, 0.717) is 44.1 Å². The van der Waals surface area contributed by atoms with Crippen LogP contribution in [0.15, 0.2) is 30.4 Å². The number of para-hydroxylation sites is 1. The molecule has 0 amide bonds. The number of unbranched alkanes of at least 4 members (excludes halogenated alkanes) is 3. The Balaban J connectivity index is 1.42. The molecule has 1 aliphatic heterocycles. The van der Waals surface area contributed by atoms with Crippen LogP contribution < -0.4 is 4.74 Å². The molecular formula is C30H41NO7. The molecule has 5 unspecified atom stereocenters. The molecule has 38 heavy (non-hydrogen) atoms. The van der Waals surface area contributed by atoms with Crippen molar-refractivity contribution in [2.24, 2.45) is 11.8 Å². The average Bonchev–Trinajstić information content (AvgIpc) is 3.47. The fourth-order valence-corrected chi connectivity index (χ4v) is 5.34. The van der Waals surface area contributed by atoms with Gasteiger partial charge >= 0.3 is 5.97 Å². The number of ether oxygens (including phenoxy) is 2. The van der Waals surface area contributed by atoms with E-state index < -0.39 is 11.2 Å². The minimum Gasteiger partial charge on any atom is -0.489 e. The third-order valence-electron chi connectivity index (χ3n) is 7.47. The summed E-state index contributed by atoms with van der Waals surface area (Å²) in [6.45, 7) is 4.32. The van der Waals surface area contributed by atoms with E-state index in [4.69, 9.17) is 9.47 Å². The highest BCUT2D eigenvalue weighted by Crippen LogP contribution is 2.52. The lowest BCUT2D eigenvalue weighted by atomic mass is 9.86. The Labute approximate surface area is 225 Å². The van der Waals surface area contributed by atoms with E-state index in [0.717, 1.165) is 49.8 Å². The van der Waals surface area contributed by atoms with E-state index in [9.17, 15) is 20.0 Å². The molecule has 0 saturated heterocycles. The summed E-state index contributed by atoms with van der Waals surface area (Å²) in [6, 6.07) is 6.32. The zero-order valence-electron chi connectivity index (χ0n) is 22.6. The van der Waals surface area contributed by atoms with Crippen molar-refractivity contribution in [3.63, 3.8) is 0 Å². The van der Waals surface area contributed by atoms with Gasteiger partial charge in [0.1, 0.15) is 11.9 Å². The first-order valence-corrected chi connectivity index (χ1v) is 13.9. The normalized spacial score (nSPS) is 21.1. The second kappa shape index (κ2) is 15.4. The van der Waals surface area contributed by atoms with Gasteiger partial charge < -0.3 is 19.4 Å². The Hall–Kier alpha value is -3.05. The van der Waals surface area contributed by atoms with E-state index in [2.05, 4.69) is 41.0 Å². The minimum atomic E-state index is -0.780. The van der Waals surface area contributed by atoms with Gasteiger partial charge in [-0.05, 0) is 69.3 Å². The molecule has 8 heteroatoms. The second-order valence-electron chi connectivity index (χ2n) is 10.3. The number of carbonyl (C=O) groups is 1. The lowest BCUT2D eigenvalue weighted by Crippen LogP contribution is -2.17. The summed E-state index contributed by atoms with van der Waals surface area (Å²) in [7, 11) is 0. The van der Waals surface area contributed by atoms with Crippen molar-refractivity contribution in [2.45, 2.75) is 96.2 Å². The molecule has 3 rings (SSSR count).